The number of carbonyl (C=O) groups is 3. The topological polar surface area (TPSA) is 123 Å². The third-order valence-electron chi connectivity index (χ3n) is 6.10. The van der Waals surface area contributed by atoms with Crippen molar-refractivity contribution in [3.05, 3.63) is 35.7 Å². The minimum atomic E-state index is -0.723. The largest absolute Gasteiger partial charge is 0.497 e. The van der Waals surface area contributed by atoms with Gasteiger partial charge in [0, 0.05) is 16.9 Å². The number of nitrogens with zero attached hydrogens (tertiary/aromatic N) is 2. The van der Waals surface area contributed by atoms with Crippen LogP contribution < -0.4 is 15.4 Å². The van der Waals surface area contributed by atoms with E-state index in [-0.39, 0.29) is 34.9 Å². The van der Waals surface area contributed by atoms with Gasteiger partial charge in [0.25, 0.3) is 11.1 Å². The van der Waals surface area contributed by atoms with Crippen molar-refractivity contribution in [2.45, 2.75) is 82.2 Å². The first-order valence-electron chi connectivity index (χ1n) is 12.5. The Balaban J connectivity index is 1.68. The summed E-state index contributed by atoms with van der Waals surface area (Å²) in [5.41, 5.74) is 0.486. The molecule has 2 aromatic rings. The zero-order valence-corrected chi connectivity index (χ0v) is 22.4. The monoisotopic (exact) mass is 516 g/mol. The van der Waals surface area contributed by atoms with Crippen LogP contribution in [0.15, 0.2) is 33.9 Å². The van der Waals surface area contributed by atoms with Gasteiger partial charge in [0.15, 0.2) is 0 Å². The number of nitrogens with one attached hydrogen (secondary N) is 2. The van der Waals surface area contributed by atoms with Gasteiger partial charge in [-0.15, -0.1) is 10.2 Å². The van der Waals surface area contributed by atoms with Gasteiger partial charge in [-0.25, -0.2) is 0 Å². The molecule has 0 spiro atoms. The number of benzene rings is 1. The van der Waals surface area contributed by atoms with E-state index in [2.05, 4.69) is 20.8 Å². The second kappa shape index (κ2) is 12.9. The lowest BCUT2D eigenvalue weighted by Crippen LogP contribution is -2.50. The first-order valence-corrected chi connectivity index (χ1v) is 13.4. The first-order chi connectivity index (χ1) is 17.2. The molecule has 196 valence electrons. The number of methoxy groups -OCH3 is 1. The van der Waals surface area contributed by atoms with Crippen molar-refractivity contribution in [1.82, 2.24) is 20.8 Å². The van der Waals surface area contributed by atoms with Gasteiger partial charge in [0.1, 0.15) is 11.7 Å². The molecule has 1 fully saturated rings. The van der Waals surface area contributed by atoms with Gasteiger partial charge < -0.3 is 14.5 Å². The molecule has 36 heavy (non-hydrogen) atoms. The second-order valence-electron chi connectivity index (χ2n) is 9.81. The summed E-state index contributed by atoms with van der Waals surface area (Å²) in [6, 6.07) is 6.44. The Bertz CT molecular complexity index is 1040. The summed E-state index contributed by atoms with van der Waals surface area (Å²) >= 11 is 1.42. The third kappa shape index (κ3) is 7.56. The Morgan fingerprint density at radius 3 is 2.42 bits per heavy atom. The highest BCUT2D eigenvalue weighted by molar-refractivity contribution is 7.99. The zero-order valence-electron chi connectivity index (χ0n) is 21.6. The summed E-state index contributed by atoms with van der Waals surface area (Å²) in [4.78, 5) is 39.2. The average Bonchev–Trinajstić information content (AvgIpc) is 3.30. The normalized spacial score (nSPS) is 18.6. The lowest BCUT2D eigenvalue weighted by molar-refractivity contribution is -0.135. The summed E-state index contributed by atoms with van der Waals surface area (Å²) in [6.07, 6.45) is 3.49. The number of hydrogen-bond donors (Lipinski definition) is 2. The fourth-order valence-corrected chi connectivity index (χ4v) is 4.94. The molecular weight excluding hydrogens is 480 g/mol. The number of thioether (sulfide) groups is 1. The Labute approximate surface area is 216 Å². The van der Waals surface area contributed by atoms with E-state index in [0.29, 0.717) is 35.8 Å². The lowest BCUT2D eigenvalue weighted by atomic mass is 9.83. The van der Waals surface area contributed by atoms with Crippen LogP contribution in [0.5, 0.6) is 5.75 Å². The predicted octanol–water partition coefficient (Wildman–Crippen LogP) is 4.34. The van der Waals surface area contributed by atoms with E-state index in [4.69, 9.17) is 9.15 Å². The molecular formula is C26H36N4O5S. The van der Waals surface area contributed by atoms with Crippen LogP contribution >= 0.6 is 11.8 Å². The van der Waals surface area contributed by atoms with Gasteiger partial charge in [-0.1, -0.05) is 52.3 Å². The maximum absolute atomic E-state index is 13.2. The number of imide groups is 1. The minimum absolute atomic E-state index is 0.176. The molecule has 0 saturated heterocycles. The maximum atomic E-state index is 13.2. The molecule has 3 amide bonds. The van der Waals surface area contributed by atoms with Gasteiger partial charge in [-0.05, 0) is 49.4 Å². The van der Waals surface area contributed by atoms with Crippen molar-refractivity contribution in [2.24, 2.45) is 11.8 Å². The van der Waals surface area contributed by atoms with Gasteiger partial charge in [0.05, 0.1) is 13.0 Å². The third-order valence-corrected chi connectivity index (χ3v) is 6.94. The van der Waals surface area contributed by atoms with E-state index in [1.54, 1.807) is 31.4 Å². The van der Waals surface area contributed by atoms with Crippen molar-refractivity contribution in [2.75, 3.05) is 7.11 Å². The van der Waals surface area contributed by atoms with Crippen LogP contribution in [0.1, 0.15) is 82.0 Å². The van der Waals surface area contributed by atoms with Crippen LogP contribution in [0.4, 0.5) is 0 Å². The molecule has 0 bridgehead atoms. The Morgan fingerprint density at radius 1 is 1.08 bits per heavy atom. The van der Waals surface area contributed by atoms with Crippen molar-refractivity contribution in [1.29, 1.82) is 0 Å². The fraction of sp³-hybridized carbons (Fsp3) is 0.577. The first kappa shape index (κ1) is 27.7. The van der Waals surface area contributed by atoms with E-state index in [9.17, 15) is 14.4 Å². The number of rotatable bonds is 10. The number of hydrogen-bond acceptors (Lipinski definition) is 8. The molecule has 0 radical (unpaired) electrons. The number of carbonyl (C=O) groups excluding carboxylic acids is 3. The molecule has 1 heterocycles. The smallest absolute Gasteiger partial charge is 0.276 e. The standard InChI is InChI=1S/C26H36N4O5S/c1-15(2)14-20(25-29-30-26(35-25)36-16(3)4)24(33)28-23(32)19-8-6-7-9-21(19)27-22(31)17-10-12-18(34-5)13-11-17/h10-13,15-16,19-21H,6-9,14H2,1-5H3,(H,27,31)(H,28,32,33)/t19-,20-,21+/m1/s1. The highest BCUT2D eigenvalue weighted by Crippen LogP contribution is 2.29. The molecule has 1 aromatic heterocycles. The molecule has 9 nitrogen and oxygen atoms in total. The predicted molar refractivity (Wildman–Crippen MR) is 137 cm³/mol. The molecule has 1 saturated carbocycles. The summed E-state index contributed by atoms with van der Waals surface area (Å²) in [5.74, 6) is -1.27. The van der Waals surface area contributed by atoms with Crippen LogP contribution in [0.2, 0.25) is 0 Å². The summed E-state index contributed by atoms with van der Waals surface area (Å²) in [5, 5.41) is 14.4. The zero-order chi connectivity index (χ0) is 26.2. The Hall–Kier alpha value is -2.88. The van der Waals surface area contributed by atoms with Crippen molar-refractivity contribution >= 4 is 29.5 Å². The average molecular weight is 517 g/mol. The highest BCUT2D eigenvalue weighted by atomic mass is 32.2. The van der Waals surface area contributed by atoms with Crippen LogP contribution in [-0.2, 0) is 9.59 Å². The van der Waals surface area contributed by atoms with Crippen molar-refractivity contribution in [3.63, 3.8) is 0 Å². The lowest BCUT2D eigenvalue weighted by Gasteiger charge is -2.31. The number of ether oxygens (including phenoxy) is 1. The molecule has 3 atom stereocenters. The molecule has 1 aliphatic rings. The molecule has 0 unspecified atom stereocenters. The van der Waals surface area contributed by atoms with Crippen LogP contribution in [-0.4, -0.2) is 46.3 Å². The molecule has 0 aliphatic heterocycles. The highest BCUT2D eigenvalue weighted by Gasteiger charge is 2.35. The van der Waals surface area contributed by atoms with E-state index in [1.165, 1.54) is 11.8 Å². The SMILES string of the molecule is COc1ccc(C(=O)N[C@H]2CCCC[C@H]2C(=O)NC(=O)[C@@H](CC(C)C)c2nnc(SC(C)C)o2)cc1. The maximum Gasteiger partial charge on any atom is 0.276 e. The van der Waals surface area contributed by atoms with Gasteiger partial charge in [0.2, 0.25) is 17.7 Å². The van der Waals surface area contributed by atoms with Crippen LogP contribution in [0, 0.1) is 11.8 Å². The Kier molecular flexibility index (Phi) is 9.92. The molecule has 3 rings (SSSR count). The number of amides is 3. The van der Waals surface area contributed by atoms with Crippen LogP contribution in [0.3, 0.4) is 0 Å². The summed E-state index contributed by atoms with van der Waals surface area (Å²) in [6.45, 7) is 8.02. The van der Waals surface area contributed by atoms with Gasteiger partial charge in [-0.3, -0.25) is 19.7 Å². The molecule has 2 N–H and O–H groups in total. The van der Waals surface area contributed by atoms with Crippen molar-refractivity contribution < 1.29 is 23.5 Å². The van der Waals surface area contributed by atoms with Crippen LogP contribution in [0.25, 0.3) is 0 Å². The minimum Gasteiger partial charge on any atom is -0.497 e. The summed E-state index contributed by atoms with van der Waals surface area (Å²) < 4.78 is 10.9. The van der Waals surface area contributed by atoms with E-state index in [0.717, 1.165) is 12.8 Å². The van der Waals surface area contributed by atoms with E-state index < -0.39 is 17.7 Å². The molecule has 1 aromatic carbocycles. The van der Waals surface area contributed by atoms with Crippen molar-refractivity contribution in [3.8, 4) is 5.75 Å². The fourth-order valence-electron chi connectivity index (χ4n) is 4.31. The quantitative estimate of drug-likeness (QED) is 0.447. The Morgan fingerprint density at radius 2 is 1.78 bits per heavy atom. The molecule has 1 aliphatic carbocycles. The van der Waals surface area contributed by atoms with E-state index in [1.807, 2.05) is 27.7 Å². The molecule has 10 heteroatoms. The second-order valence-corrected chi connectivity index (χ2v) is 11.3. The number of aromatic nitrogens is 2. The van der Waals surface area contributed by atoms with E-state index >= 15 is 0 Å². The summed E-state index contributed by atoms with van der Waals surface area (Å²) in [7, 11) is 1.56. The van der Waals surface area contributed by atoms with Gasteiger partial charge >= 0.3 is 0 Å². The van der Waals surface area contributed by atoms with Gasteiger partial charge in [-0.2, -0.15) is 0 Å².